The normalized spacial score (nSPS) is 10.7. The average molecular weight is 408 g/mol. The molecule has 0 radical (unpaired) electrons. The van der Waals surface area contributed by atoms with E-state index < -0.39 is 0 Å². The summed E-state index contributed by atoms with van der Waals surface area (Å²) in [6.07, 6.45) is 0. The minimum atomic E-state index is -0.301. The molecule has 3 aromatic carbocycles. The van der Waals surface area contributed by atoms with Crippen molar-refractivity contribution >= 4 is 38.5 Å². The SMILES string of the molecule is O=C(Nc1ccc(Oc2ccccc2)cc1)c1cc2c(Br)cccc2o1. The lowest BCUT2D eigenvalue weighted by Gasteiger charge is -2.07. The van der Waals surface area contributed by atoms with Crippen molar-refractivity contribution in [2.45, 2.75) is 0 Å². The minimum absolute atomic E-state index is 0.261. The summed E-state index contributed by atoms with van der Waals surface area (Å²) >= 11 is 3.46. The van der Waals surface area contributed by atoms with Crippen LogP contribution in [0, 0.1) is 0 Å². The molecule has 1 aromatic heterocycles. The summed E-state index contributed by atoms with van der Waals surface area (Å²) in [6, 6.07) is 24.0. The number of carbonyl (C=O) groups excluding carboxylic acids is 1. The number of rotatable bonds is 4. The minimum Gasteiger partial charge on any atom is -0.457 e. The molecule has 1 N–H and O–H groups in total. The van der Waals surface area contributed by atoms with Crippen molar-refractivity contribution in [1.82, 2.24) is 0 Å². The van der Waals surface area contributed by atoms with Crippen LogP contribution in [-0.4, -0.2) is 5.91 Å². The van der Waals surface area contributed by atoms with Gasteiger partial charge in [0.15, 0.2) is 5.76 Å². The van der Waals surface area contributed by atoms with Crippen LogP contribution in [0.1, 0.15) is 10.6 Å². The highest BCUT2D eigenvalue weighted by atomic mass is 79.9. The maximum absolute atomic E-state index is 12.4. The van der Waals surface area contributed by atoms with Crippen molar-refractivity contribution < 1.29 is 13.9 Å². The number of carbonyl (C=O) groups is 1. The average Bonchev–Trinajstić information content (AvgIpc) is 3.10. The Labute approximate surface area is 158 Å². The van der Waals surface area contributed by atoms with E-state index in [2.05, 4.69) is 21.2 Å². The van der Waals surface area contributed by atoms with Gasteiger partial charge >= 0.3 is 0 Å². The Kier molecular flexibility index (Phi) is 4.46. The molecule has 0 aliphatic heterocycles. The second-order valence-corrected chi connectivity index (χ2v) is 6.51. The monoisotopic (exact) mass is 407 g/mol. The topological polar surface area (TPSA) is 51.5 Å². The van der Waals surface area contributed by atoms with E-state index in [-0.39, 0.29) is 11.7 Å². The van der Waals surface area contributed by atoms with Gasteiger partial charge in [-0.1, -0.05) is 40.2 Å². The number of ether oxygens (including phenoxy) is 1. The Morgan fingerprint density at radius 1 is 0.885 bits per heavy atom. The molecule has 0 saturated heterocycles. The zero-order valence-corrected chi connectivity index (χ0v) is 15.2. The highest BCUT2D eigenvalue weighted by Crippen LogP contribution is 2.28. The van der Waals surface area contributed by atoms with E-state index >= 15 is 0 Å². The number of nitrogens with one attached hydrogen (secondary N) is 1. The first-order valence-electron chi connectivity index (χ1n) is 8.01. The van der Waals surface area contributed by atoms with Gasteiger partial charge in [0.2, 0.25) is 0 Å². The van der Waals surface area contributed by atoms with Crippen molar-refractivity contribution in [3.8, 4) is 11.5 Å². The third-order valence-corrected chi connectivity index (χ3v) is 4.51. The third-order valence-electron chi connectivity index (χ3n) is 3.82. The van der Waals surface area contributed by atoms with Crippen LogP contribution in [0.25, 0.3) is 11.0 Å². The Morgan fingerprint density at radius 3 is 2.35 bits per heavy atom. The van der Waals surface area contributed by atoms with Crippen LogP contribution in [0.15, 0.2) is 87.8 Å². The molecule has 5 heteroatoms. The van der Waals surface area contributed by atoms with Crippen LogP contribution < -0.4 is 10.1 Å². The second-order valence-electron chi connectivity index (χ2n) is 5.66. The standard InChI is InChI=1S/C21H14BrNO3/c22-18-7-4-8-19-17(18)13-20(26-19)21(24)23-14-9-11-16(12-10-14)25-15-5-2-1-3-6-15/h1-13H,(H,23,24). The molecule has 0 aliphatic rings. The Morgan fingerprint density at radius 2 is 1.62 bits per heavy atom. The van der Waals surface area contributed by atoms with Crippen LogP contribution in [0.3, 0.4) is 0 Å². The van der Waals surface area contributed by atoms with Crippen LogP contribution in [-0.2, 0) is 0 Å². The Hall–Kier alpha value is -3.05. The van der Waals surface area contributed by atoms with Gasteiger partial charge in [0.05, 0.1) is 0 Å². The van der Waals surface area contributed by atoms with Gasteiger partial charge in [-0.15, -0.1) is 0 Å². The predicted octanol–water partition coefficient (Wildman–Crippen LogP) is 6.24. The molecule has 0 bridgehead atoms. The van der Waals surface area contributed by atoms with E-state index in [1.165, 1.54) is 0 Å². The van der Waals surface area contributed by atoms with Gasteiger partial charge in [-0.3, -0.25) is 4.79 Å². The summed E-state index contributed by atoms with van der Waals surface area (Å²) in [5, 5.41) is 3.69. The summed E-state index contributed by atoms with van der Waals surface area (Å²) < 4.78 is 12.2. The number of benzene rings is 3. The van der Waals surface area contributed by atoms with E-state index in [9.17, 15) is 4.79 Å². The van der Waals surface area contributed by atoms with Gasteiger partial charge in [0, 0.05) is 15.5 Å². The van der Waals surface area contributed by atoms with Crippen molar-refractivity contribution in [3.05, 3.63) is 89.1 Å². The number of hydrogen-bond donors (Lipinski definition) is 1. The molecule has 128 valence electrons. The van der Waals surface area contributed by atoms with E-state index in [4.69, 9.17) is 9.15 Å². The fourth-order valence-electron chi connectivity index (χ4n) is 2.56. The molecule has 0 spiro atoms. The number of amides is 1. The number of anilines is 1. The molecule has 1 amide bonds. The molecular formula is C21H14BrNO3. The summed E-state index contributed by atoms with van der Waals surface area (Å²) in [4.78, 5) is 12.4. The van der Waals surface area contributed by atoms with Crippen LogP contribution in [0.5, 0.6) is 11.5 Å². The number of hydrogen-bond acceptors (Lipinski definition) is 3. The molecule has 4 nitrogen and oxygen atoms in total. The van der Waals surface area contributed by atoms with Gasteiger partial charge in [-0.2, -0.15) is 0 Å². The lowest BCUT2D eigenvalue weighted by Crippen LogP contribution is -2.10. The molecule has 0 atom stereocenters. The summed E-state index contributed by atoms with van der Waals surface area (Å²) in [5.41, 5.74) is 1.33. The summed E-state index contributed by atoms with van der Waals surface area (Å²) in [7, 11) is 0. The van der Waals surface area contributed by atoms with Gasteiger partial charge in [-0.05, 0) is 54.6 Å². The number of halogens is 1. The van der Waals surface area contributed by atoms with Crippen molar-refractivity contribution in [3.63, 3.8) is 0 Å². The molecule has 0 fully saturated rings. The molecular weight excluding hydrogens is 394 g/mol. The first-order valence-corrected chi connectivity index (χ1v) is 8.81. The van der Waals surface area contributed by atoms with E-state index in [0.29, 0.717) is 17.0 Å². The fourth-order valence-corrected chi connectivity index (χ4v) is 3.02. The van der Waals surface area contributed by atoms with Gasteiger partial charge in [0.1, 0.15) is 17.1 Å². The molecule has 0 unspecified atom stereocenters. The maximum atomic E-state index is 12.4. The van der Waals surface area contributed by atoms with Crippen LogP contribution in [0.2, 0.25) is 0 Å². The highest BCUT2D eigenvalue weighted by Gasteiger charge is 2.14. The first-order chi connectivity index (χ1) is 12.7. The van der Waals surface area contributed by atoms with Gasteiger partial charge in [0.25, 0.3) is 5.91 Å². The van der Waals surface area contributed by atoms with E-state index in [1.807, 2.05) is 48.5 Å². The predicted molar refractivity (Wildman–Crippen MR) is 105 cm³/mol. The van der Waals surface area contributed by atoms with E-state index in [0.717, 1.165) is 15.6 Å². The molecule has 1 heterocycles. The first kappa shape index (κ1) is 16.4. The largest absolute Gasteiger partial charge is 0.457 e. The molecule has 4 aromatic rings. The zero-order chi connectivity index (χ0) is 17.9. The van der Waals surface area contributed by atoms with E-state index in [1.54, 1.807) is 30.3 Å². The lowest BCUT2D eigenvalue weighted by molar-refractivity contribution is 0.0998. The fraction of sp³-hybridized carbons (Fsp3) is 0. The number of para-hydroxylation sites is 1. The number of fused-ring (bicyclic) bond motifs is 1. The van der Waals surface area contributed by atoms with Crippen LogP contribution >= 0.6 is 15.9 Å². The Balaban J connectivity index is 1.47. The second kappa shape index (κ2) is 7.06. The summed E-state index contributed by atoms with van der Waals surface area (Å²) in [6.45, 7) is 0. The van der Waals surface area contributed by atoms with Crippen LogP contribution in [0.4, 0.5) is 5.69 Å². The smallest absolute Gasteiger partial charge is 0.291 e. The quantitative estimate of drug-likeness (QED) is 0.435. The zero-order valence-electron chi connectivity index (χ0n) is 13.6. The lowest BCUT2D eigenvalue weighted by atomic mass is 10.2. The molecule has 4 rings (SSSR count). The maximum Gasteiger partial charge on any atom is 0.291 e. The molecule has 0 aliphatic carbocycles. The number of furan rings is 1. The molecule has 0 saturated carbocycles. The van der Waals surface area contributed by atoms with Crippen molar-refractivity contribution in [2.24, 2.45) is 0 Å². The van der Waals surface area contributed by atoms with Gasteiger partial charge in [-0.25, -0.2) is 0 Å². The van der Waals surface area contributed by atoms with Gasteiger partial charge < -0.3 is 14.5 Å². The van der Waals surface area contributed by atoms with Crippen molar-refractivity contribution in [1.29, 1.82) is 0 Å². The summed E-state index contributed by atoms with van der Waals surface area (Å²) in [5.74, 6) is 1.42. The molecule has 26 heavy (non-hydrogen) atoms. The van der Waals surface area contributed by atoms with Crippen molar-refractivity contribution in [2.75, 3.05) is 5.32 Å². The third kappa shape index (κ3) is 3.48. The Bertz CT molecular complexity index is 1060. The highest BCUT2D eigenvalue weighted by molar-refractivity contribution is 9.10.